The Labute approximate surface area is 96.6 Å². The average Bonchev–Trinajstić information content (AvgIpc) is 2.66. The Morgan fingerprint density at radius 1 is 1.56 bits per heavy atom. The Hall–Kier alpha value is -1.16. The average molecular weight is 224 g/mol. The molecule has 0 saturated heterocycles. The first-order chi connectivity index (χ1) is 7.63. The second kappa shape index (κ2) is 6.43. The van der Waals surface area contributed by atoms with E-state index in [0.717, 1.165) is 12.1 Å². The van der Waals surface area contributed by atoms with E-state index < -0.39 is 0 Å². The lowest BCUT2D eigenvalue weighted by Crippen LogP contribution is -2.07. The van der Waals surface area contributed by atoms with Crippen LogP contribution in [0.3, 0.4) is 0 Å². The monoisotopic (exact) mass is 224 g/mol. The minimum Gasteiger partial charge on any atom is -0.385 e. The molecule has 0 aliphatic rings. The van der Waals surface area contributed by atoms with Gasteiger partial charge in [0, 0.05) is 32.4 Å². The number of Topliss-reactive ketones (excluding diaryl/α,β-unsaturated/α-hetero) is 1. The maximum atomic E-state index is 11.6. The number of methoxy groups -OCH3 is 1. The van der Waals surface area contributed by atoms with Gasteiger partial charge in [-0.3, -0.25) is 9.48 Å². The van der Waals surface area contributed by atoms with E-state index in [1.54, 1.807) is 7.11 Å². The number of carbonyl (C=O) groups excluding carboxylic acids is 1. The molecule has 0 spiro atoms. The normalized spacial score (nSPS) is 11.0. The first-order valence-electron chi connectivity index (χ1n) is 5.68. The number of hydrogen-bond donors (Lipinski definition) is 0. The van der Waals surface area contributed by atoms with Crippen LogP contribution >= 0.6 is 0 Å². The highest BCUT2D eigenvalue weighted by Crippen LogP contribution is 2.06. The van der Waals surface area contributed by atoms with Crippen LogP contribution in [0.5, 0.6) is 0 Å². The van der Waals surface area contributed by atoms with Gasteiger partial charge in [0.15, 0.2) is 0 Å². The van der Waals surface area contributed by atoms with Gasteiger partial charge in [-0.1, -0.05) is 0 Å². The van der Waals surface area contributed by atoms with Crippen LogP contribution in [0, 0.1) is 0 Å². The molecule has 0 atom stereocenters. The van der Waals surface area contributed by atoms with Crippen LogP contribution in [0.2, 0.25) is 0 Å². The molecule has 0 saturated carbocycles. The molecular weight excluding hydrogens is 204 g/mol. The number of nitrogens with zero attached hydrogens (tertiary/aromatic N) is 2. The van der Waals surface area contributed by atoms with Crippen molar-refractivity contribution >= 4 is 5.78 Å². The number of rotatable bonds is 7. The van der Waals surface area contributed by atoms with E-state index in [1.807, 2.05) is 16.9 Å². The summed E-state index contributed by atoms with van der Waals surface area (Å²) in [7, 11) is 1.65. The Balaban J connectivity index is 2.37. The second-order valence-electron chi connectivity index (χ2n) is 4.19. The van der Waals surface area contributed by atoms with Crippen LogP contribution < -0.4 is 0 Å². The lowest BCUT2D eigenvalue weighted by molar-refractivity contribution is -0.118. The van der Waals surface area contributed by atoms with Crippen molar-refractivity contribution in [2.24, 2.45) is 0 Å². The summed E-state index contributed by atoms with van der Waals surface area (Å²) in [5.74, 6) is 0.228. The molecule has 90 valence electrons. The molecule has 4 heteroatoms. The molecule has 1 rings (SSSR count). The molecular formula is C12H20N2O2. The van der Waals surface area contributed by atoms with Crippen LogP contribution in [-0.2, 0) is 16.0 Å². The van der Waals surface area contributed by atoms with Gasteiger partial charge in [-0.05, 0) is 26.3 Å². The maximum Gasteiger partial charge on any atom is 0.139 e. The van der Waals surface area contributed by atoms with Gasteiger partial charge in [0.2, 0.25) is 0 Å². The smallest absolute Gasteiger partial charge is 0.139 e. The van der Waals surface area contributed by atoms with Crippen molar-refractivity contribution in [3.8, 4) is 0 Å². The van der Waals surface area contributed by atoms with Crippen LogP contribution in [0.15, 0.2) is 12.3 Å². The summed E-state index contributed by atoms with van der Waals surface area (Å²) in [5, 5.41) is 4.34. The molecule has 4 nitrogen and oxygen atoms in total. The van der Waals surface area contributed by atoms with E-state index in [9.17, 15) is 4.79 Å². The third kappa shape index (κ3) is 4.14. The molecule has 0 bridgehead atoms. The molecule has 0 aromatic carbocycles. The number of carbonyl (C=O) groups is 1. The Kier molecular flexibility index (Phi) is 5.19. The van der Waals surface area contributed by atoms with Crippen LogP contribution in [-0.4, -0.2) is 29.3 Å². The van der Waals surface area contributed by atoms with E-state index in [1.165, 1.54) is 0 Å². The van der Waals surface area contributed by atoms with Crippen molar-refractivity contribution in [2.75, 3.05) is 13.7 Å². The highest BCUT2D eigenvalue weighted by atomic mass is 16.5. The third-order valence-corrected chi connectivity index (χ3v) is 2.38. The van der Waals surface area contributed by atoms with E-state index >= 15 is 0 Å². The zero-order valence-corrected chi connectivity index (χ0v) is 10.3. The van der Waals surface area contributed by atoms with Gasteiger partial charge in [-0.25, -0.2) is 0 Å². The summed E-state index contributed by atoms with van der Waals surface area (Å²) in [5.41, 5.74) is 0.858. The Morgan fingerprint density at radius 2 is 2.31 bits per heavy atom. The SMILES string of the molecule is COCCCC(=O)Cc1ccn(C(C)C)n1. The molecule has 1 aromatic rings. The van der Waals surface area contributed by atoms with E-state index in [-0.39, 0.29) is 5.78 Å². The summed E-state index contributed by atoms with van der Waals surface area (Å²) in [6.07, 6.45) is 3.72. The van der Waals surface area contributed by atoms with Crippen molar-refractivity contribution in [3.63, 3.8) is 0 Å². The Bertz CT molecular complexity index is 332. The molecule has 0 amide bonds. The fraction of sp³-hybridized carbons (Fsp3) is 0.667. The summed E-state index contributed by atoms with van der Waals surface area (Å²) in [6.45, 7) is 4.78. The molecule has 0 unspecified atom stereocenters. The predicted octanol–water partition coefficient (Wildman–Crippen LogP) is 2.00. The van der Waals surface area contributed by atoms with Crippen molar-refractivity contribution in [1.82, 2.24) is 9.78 Å². The molecule has 1 aromatic heterocycles. The van der Waals surface area contributed by atoms with Crippen LogP contribution in [0.1, 0.15) is 38.4 Å². The van der Waals surface area contributed by atoms with E-state index in [0.29, 0.717) is 25.5 Å². The van der Waals surface area contributed by atoms with Crippen molar-refractivity contribution < 1.29 is 9.53 Å². The first-order valence-corrected chi connectivity index (χ1v) is 5.68. The van der Waals surface area contributed by atoms with Crippen molar-refractivity contribution in [3.05, 3.63) is 18.0 Å². The van der Waals surface area contributed by atoms with Gasteiger partial charge >= 0.3 is 0 Å². The number of ether oxygens (including phenoxy) is 1. The molecule has 0 radical (unpaired) electrons. The first kappa shape index (κ1) is 12.9. The van der Waals surface area contributed by atoms with Gasteiger partial charge in [0.25, 0.3) is 0 Å². The molecule has 0 aliphatic carbocycles. The Morgan fingerprint density at radius 3 is 2.88 bits per heavy atom. The minimum absolute atomic E-state index is 0.228. The van der Waals surface area contributed by atoms with Crippen molar-refractivity contribution in [1.29, 1.82) is 0 Å². The summed E-state index contributed by atoms with van der Waals surface area (Å²) < 4.78 is 6.78. The third-order valence-electron chi connectivity index (χ3n) is 2.38. The topological polar surface area (TPSA) is 44.1 Å². The van der Waals surface area contributed by atoms with Gasteiger partial charge < -0.3 is 4.74 Å². The molecule has 0 aliphatic heterocycles. The van der Waals surface area contributed by atoms with Crippen LogP contribution in [0.4, 0.5) is 0 Å². The zero-order valence-electron chi connectivity index (χ0n) is 10.3. The van der Waals surface area contributed by atoms with Gasteiger partial charge in [-0.15, -0.1) is 0 Å². The fourth-order valence-electron chi connectivity index (χ4n) is 1.46. The van der Waals surface area contributed by atoms with Crippen molar-refractivity contribution in [2.45, 2.75) is 39.2 Å². The molecule has 0 N–H and O–H groups in total. The highest BCUT2D eigenvalue weighted by molar-refractivity contribution is 5.80. The van der Waals surface area contributed by atoms with E-state index in [2.05, 4.69) is 18.9 Å². The lowest BCUT2D eigenvalue weighted by atomic mass is 10.1. The summed E-state index contributed by atoms with van der Waals surface area (Å²) in [4.78, 5) is 11.6. The van der Waals surface area contributed by atoms with E-state index in [4.69, 9.17) is 4.74 Å². The highest BCUT2D eigenvalue weighted by Gasteiger charge is 2.07. The maximum absolute atomic E-state index is 11.6. The summed E-state index contributed by atoms with van der Waals surface area (Å²) in [6, 6.07) is 2.26. The standard InChI is InChI=1S/C12H20N2O2/c1-10(2)14-7-6-11(13-14)9-12(15)5-4-8-16-3/h6-7,10H,4-5,8-9H2,1-3H3. The number of ketones is 1. The summed E-state index contributed by atoms with van der Waals surface area (Å²) >= 11 is 0. The number of aromatic nitrogens is 2. The van der Waals surface area contributed by atoms with Gasteiger partial charge in [0.05, 0.1) is 12.1 Å². The minimum atomic E-state index is 0.228. The predicted molar refractivity (Wildman–Crippen MR) is 62.4 cm³/mol. The van der Waals surface area contributed by atoms with Crippen LogP contribution in [0.25, 0.3) is 0 Å². The van der Waals surface area contributed by atoms with Gasteiger partial charge in [-0.2, -0.15) is 5.10 Å². The molecule has 16 heavy (non-hydrogen) atoms. The fourth-order valence-corrected chi connectivity index (χ4v) is 1.46. The number of hydrogen-bond acceptors (Lipinski definition) is 3. The second-order valence-corrected chi connectivity index (χ2v) is 4.19. The lowest BCUT2D eigenvalue weighted by Gasteiger charge is -2.03. The quantitative estimate of drug-likeness (QED) is 0.665. The molecule has 0 fully saturated rings. The van der Waals surface area contributed by atoms with Gasteiger partial charge in [0.1, 0.15) is 5.78 Å². The largest absolute Gasteiger partial charge is 0.385 e. The molecule has 1 heterocycles. The zero-order chi connectivity index (χ0) is 12.0.